The van der Waals surface area contributed by atoms with E-state index in [1.54, 1.807) is 6.07 Å². The van der Waals surface area contributed by atoms with Gasteiger partial charge in [-0.3, -0.25) is 4.79 Å². The van der Waals surface area contributed by atoms with E-state index < -0.39 is 5.54 Å². The Bertz CT molecular complexity index is 978. The zero-order valence-electron chi connectivity index (χ0n) is 12.6. The molecule has 114 valence electrons. The highest BCUT2D eigenvalue weighted by molar-refractivity contribution is 5.98. The SMILES string of the molecule is O=C1N=NC2(c3ccccc3Oc3ccccc32)c2ccccc21. The predicted molar refractivity (Wildman–Crippen MR) is 88.5 cm³/mol. The quantitative estimate of drug-likeness (QED) is 0.604. The zero-order valence-corrected chi connectivity index (χ0v) is 12.6. The van der Waals surface area contributed by atoms with Crippen molar-refractivity contribution in [3.63, 3.8) is 0 Å². The lowest BCUT2D eigenvalue weighted by molar-refractivity contribution is 0.0981. The zero-order chi connectivity index (χ0) is 16.1. The van der Waals surface area contributed by atoms with Crippen LogP contribution in [0.3, 0.4) is 0 Å². The van der Waals surface area contributed by atoms with Crippen LogP contribution < -0.4 is 4.74 Å². The molecule has 0 saturated heterocycles. The van der Waals surface area contributed by atoms with Crippen molar-refractivity contribution < 1.29 is 9.53 Å². The Balaban J connectivity index is 1.95. The molecule has 24 heavy (non-hydrogen) atoms. The molecule has 0 atom stereocenters. The molecular formula is C20H12N2O2. The Labute approximate surface area is 138 Å². The second-order valence-electron chi connectivity index (χ2n) is 5.86. The first-order valence-corrected chi connectivity index (χ1v) is 7.74. The van der Waals surface area contributed by atoms with Gasteiger partial charge < -0.3 is 4.74 Å². The number of benzene rings is 3. The summed E-state index contributed by atoms with van der Waals surface area (Å²) in [7, 11) is 0. The van der Waals surface area contributed by atoms with E-state index in [0.29, 0.717) is 5.56 Å². The summed E-state index contributed by atoms with van der Waals surface area (Å²) in [6.07, 6.45) is 0. The summed E-state index contributed by atoms with van der Waals surface area (Å²) in [4.78, 5) is 12.2. The van der Waals surface area contributed by atoms with Gasteiger partial charge in [-0.1, -0.05) is 54.6 Å². The van der Waals surface area contributed by atoms with Gasteiger partial charge in [-0.2, -0.15) is 5.11 Å². The van der Waals surface area contributed by atoms with Crippen molar-refractivity contribution >= 4 is 5.91 Å². The van der Waals surface area contributed by atoms with Crippen LogP contribution in [0, 0.1) is 0 Å². The average Bonchev–Trinajstić information content (AvgIpc) is 2.65. The highest BCUT2D eigenvalue weighted by Crippen LogP contribution is 2.54. The number of carbonyl (C=O) groups excluding carboxylic acids is 1. The number of ether oxygens (including phenoxy) is 1. The molecule has 0 saturated carbocycles. The molecule has 2 aliphatic heterocycles. The first-order valence-electron chi connectivity index (χ1n) is 7.74. The molecule has 5 rings (SSSR count). The van der Waals surface area contributed by atoms with Crippen molar-refractivity contribution in [3.05, 3.63) is 95.1 Å². The molecule has 2 aliphatic rings. The maximum Gasteiger partial charge on any atom is 0.295 e. The number of azo groups is 1. The van der Waals surface area contributed by atoms with Gasteiger partial charge in [0.1, 0.15) is 11.5 Å². The third-order valence-electron chi connectivity index (χ3n) is 4.61. The summed E-state index contributed by atoms with van der Waals surface area (Å²) in [5, 5.41) is 8.50. The smallest absolute Gasteiger partial charge is 0.295 e. The van der Waals surface area contributed by atoms with Gasteiger partial charge in [0, 0.05) is 22.3 Å². The minimum atomic E-state index is -0.851. The molecule has 0 aromatic heterocycles. The van der Waals surface area contributed by atoms with Gasteiger partial charge in [0.05, 0.1) is 0 Å². The van der Waals surface area contributed by atoms with Crippen LogP contribution >= 0.6 is 0 Å². The molecule has 0 unspecified atom stereocenters. The average molecular weight is 312 g/mol. The molecule has 0 bridgehead atoms. The van der Waals surface area contributed by atoms with Crippen LogP contribution in [0.2, 0.25) is 0 Å². The van der Waals surface area contributed by atoms with Gasteiger partial charge in [-0.05, 0) is 18.2 Å². The van der Waals surface area contributed by atoms with Crippen LogP contribution in [-0.2, 0) is 5.54 Å². The molecule has 0 radical (unpaired) electrons. The maximum absolute atomic E-state index is 12.2. The molecular weight excluding hydrogens is 300 g/mol. The molecule has 0 aliphatic carbocycles. The number of nitrogens with zero attached hydrogens (tertiary/aromatic N) is 2. The monoisotopic (exact) mass is 312 g/mol. The van der Waals surface area contributed by atoms with Crippen molar-refractivity contribution in [2.75, 3.05) is 0 Å². The summed E-state index contributed by atoms with van der Waals surface area (Å²) in [5.41, 5.74) is 2.36. The van der Waals surface area contributed by atoms with Gasteiger partial charge >= 0.3 is 0 Å². The molecule has 3 aromatic rings. The van der Waals surface area contributed by atoms with Crippen molar-refractivity contribution in [1.82, 2.24) is 0 Å². The number of rotatable bonds is 0. The molecule has 0 N–H and O–H groups in total. The van der Waals surface area contributed by atoms with E-state index in [1.165, 1.54) is 0 Å². The van der Waals surface area contributed by atoms with Gasteiger partial charge in [-0.15, -0.1) is 5.11 Å². The first kappa shape index (κ1) is 13.2. The Hall–Kier alpha value is -3.27. The summed E-state index contributed by atoms with van der Waals surface area (Å²) >= 11 is 0. The molecule has 0 fully saturated rings. The van der Waals surface area contributed by atoms with Crippen molar-refractivity contribution in [3.8, 4) is 11.5 Å². The molecule has 2 heterocycles. The van der Waals surface area contributed by atoms with Gasteiger partial charge in [0.15, 0.2) is 5.54 Å². The molecule has 4 heteroatoms. The van der Waals surface area contributed by atoms with Crippen molar-refractivity contribution in [1.29, 1.82) is 0 Å². The fourth-order valence-electron chi connectivity index (χ4n) is 3.58. The third-order valence-corrected chi connectivity index (χ3v) is 4.61. The molecule has 3 aromatic carbocycles. The Morgan fingerprint density at radius 1 is 0.708 bits per heavy atom. The van der Waals surface area contributed by atoms with Gasteiger partial charge in [0.25, 0.3) is 5.91 Å². The van der Waals surface area contributed by atoms with Crippen LogP contribution in [0.4, 0.5) is 0 Å². The highest BCUT2D eigenvalue weighted by atomic mass is 16.5. The standard InChI is InChI=1S/C20H12N2O2/c23-19-13-7-1-2-8-14(13)20(22-21-19)15-9-3-5-11-17(15)24-18-12-6-4-10-16(18)20/h1-12H. The minimum absolute atomic E-state index is 0.308. The lowest BCUT2D eigenvalue weighted by atomic mass is 9.73. The van der Waals surface area contributed by atoms with Crippen LogP contribution in [0.25, 0.3) is 0 Å². The lowest BCUT2D eigenvalue weighted by Crippen LogP contribution is -2.34. The van der Waals surface area contributed by atoms with Crippen LogP contribution in [0.5, 0.6) is 11.5 Å². The first-order chi connectivity index (χ1) is 11.8. The van der Waals surface area contributed by atoms with Crippen molar-refractivity contribution in [2.24, 2.45) is 10.2 Å². The minimum Gasteiger partial charge on any atom is -0.457 e. The number of amides is 1. The number of para-hydroxylation sites is 2. The maximum atomic E-state index is 12.2. The molecule has 1 spiro atoms. The topological polar surface area (TPSA) is 51.0 Å². The highest BCUT2D eigenvalue weighted by Gasteiger charge is 2.48. The summed E-state index contributed by atoms with van der Waals surface area (Å²) in [6, 6.07) is 23.1. The second kappa shape index (κ2) is 4.61. The van der Waals surface area contributed by atoms with E-state index in [9.17, 15) is 4.79 Å². The summed E-state index contributed by atoms with van der Waals surface area (Å²) in [5.74, 6) is 1.16. The normalized spacial score (nSPS) is 16.1. The van der Waals surface area contributed by atoms with E-state index in [4.69, 9.17) is 4.74 Å². The number of hydrogen-bond donors (Lipinski definition) is 0. The molecule has 4 nitrogen and oxygen atoms in total. The largest absolute Gasteiger partial charge is 0.457 e. The Morgan fingerprint density at radius 2 is 1.25 bits per heavy atom. The van der Waals surface area contributed by atoms with Gasteiger partial charge in [-0.25, -0.2) is 0 Å². The number of hydrogen-bond acceptors (Lipinski definition) is 3. The second-order valence-corrected chi connectivity index (χ2v) is 5.86. The lowest BCUT2D eigenvalue weighted by Gasteiger charge is -2.38. The van der Waals surface area contributed by atoms with Crippen LogP contribution in [0.15, 0.2) is 83.0 Å². The number of carbonyl (C=O) groups is 1. The predicted octanol–water partition coefficient (Wildman–Crippen LogP) is 4.69. The fourth-order valence-corrected chi connectivity index (χ4v) is 3.58. The summed E-state index contributed by atoms with van der Waals surface area (Å²) in [6.45, 7) is 0. The Morgan fingerprint density at radius 3 is 1.92 bits per heavy atom. The van der Waals surface area contributed by atoms with Gasteiger partial charge in [0.2, 0.25) is 0 Å². The van der Waals surface area contributed by atoms with Crippen LogP contribution in [0.1, 0.15) is 27.0 Å². The molecule has 1 amide bonds. The Kier molecular flexibility index (Phi) is 2.54. The van der Waals surface area contributed by atoms with Crippen LogP contribution in [-0.4, -0.2) is 5.91 Å². The summed E-state index contributed by atoms with van der Waals surface area (Å²) < 4.78 is 6.06. The fraction of sp³-hybridized carbons (Fsp3) is 0.0500. The van der Waals surface area contributed by atoms with Crippen molar-refractivity contribution in [2.45, 2.75) is 5.54 Å². The van der Waals surface area contributed by atoms with E-state index in [0.717, 1.165) is 28.2 Å². The number of fused-ring (bicyclic) bond motifs is 6. The van der Waals surface area contributed by atoms with E-state index in [2.05, 4.69) is 10.2 Å². The van der Waals surface area contributed by atoms with E-state index >= 15 is 0 Å². The van der Waals surface area contributed by atoms with E-state index in [1.807, 2.05) is 66.7 Å². The third kappa shape index (κ3) is 1.55. The van der Waals surface area contributed by atoms with E-state index in [-0.39, 0.29) is 5.91 Å².